The average molecular weight is 243 g/mol. The molecule has 5 heteroatoms. The van der Waals surface area contributed by atoms with E-state index in [0.717, 1.165) is 16.8 Å². The lowest BCUT2D eigenvalue weighted by Crippen LogP contribution is -2.14. The van der Waals surface area contributed by atoms with Crippen LogP contribution in [0.4, 0.5) is 5.69 Å². The number of rotatable bonds is 4. The van der Waals surface area contributed by atoms with Crippen molar-refractivity contribution in [1.29, 1.82) is 0 Å². The van der Waals surface area contributed by atoms with Crippen LogP contribution in [-0.4, -0.2) is 20.5 Å². The Bertz CT molecular complexity index is 338. The molecule has 0 heterocycles. The van der Waals surface area contributed by atoms with E-state index in [9.17, 15) is 0 Å². The molecule has 2 N–H and O–H groups in total. The molecule has 0 aliphatic heterocycles. The summed E-state index contributed by atoms with van der Waals surface area (Å²) in [6.45, 7) is 2.02. The number of nitrogens with zero attached hydrogens (tertiary/aromatic N) is 1. The molecule has 1 atom stereocenters. The number of hydrogen-bond acceptors (Lipinski definition) is 5. The molecule has 15 heavy (non-hydrogen) atoms. The van der Waals surface area contributed by atoms with E-state index in [-0.39, 0.29) is 10.5 Å². The Morgan fingerprint density at radius 3 is 2.33 bits per heavy atom. The van der Waals surface area contributed by atoms with E-state index >= 15 is 0 Å². The summed E-state index contributed by atoms with van der Waals surface area (Å²) in [5, 5.41) is 17.6. The lowest BCUT2D eigenvalue weighted by atomic mass is 10.1. The fourth-order valence-electron chi connectivity index (χ4n) is 1.14. The van der Waals surface area contributed by atoms with E-state index < -0.39 is 0 Å². The Labute approximate surface area is 99.7 Å². The number of thiol groups is 1. The third-order valence-corrected chi connectivity index (χ3v) is 3.39. The van der Waals surface area contributed by atoms with Crippen LogP contribution in [0.2, 0.25) is 0 Å². The lowest BCUT2D eigenvalue weighted by molar-refractivity contribution is 0.0291. The van der Waals surface area contributed by atoms with Crippen LogP contribution in [0.15, 0.2) is 24.3 Å². The van der Waals surface area contributed by atoms with Gasteiger partial charge in [-0.15, -0.1) is 5.23 Å². The van der Waals surface area contributed by atoms with E-state index in [1.54, 1.807) is 24.3 Å². The van der Waals surface area contributed by atoms with Gasteiger partial charge in [-0.25, -0.2) is 0 Å². The predicted molar refractivity (Wildman–Crippen MR) is 67.3 cm³/mol. The van der Waals surface area contributed by atoms with Gasteiger partial charge in [0.05, 0.1) is 5.69 Å². The number of hydrogen-bond donors (Lipinski definition) is 3. The molecule has 0 amide bonds. The molecule has 0 spiro atoms. The van der Waals surface area contributed by atoms with Crippen LogP contribution in [0.3, 0.4) is 0 Å². The zero-order valence-electron chi connectivity index (χ0n) is 8.29. The Balaban J connectivity index is 2.84. The van der Waals surface area contributed by atoms with E-state index in [0.29, 0.717) is 5.69 Å². The van der Waals surface area contributed by atoms with E-state index in [4.69, 9.17) is 22.6 Å². The largest absolute Gasteiger partial charge is 0.264 e. The summed E-state index contributed by atoms with van der Waals surface area (Å²) in [4.78, 5) is 0.773. The second-order valence-electron chi connectivity index (χ2n) is 3.12. The molecular weight excluding hydrogens is 230 g/mol. The maximum atomic E-state index is 8.75. The van der Waals surface area contributed by atoms with Crippen molar-refractivity contribution < 1.29 is 10.4 Å². The highest BCUT2D eigenvalue weighted by atomic mass is 32.1. The second kappa shape index (κ2) is 5.46. The molecule has 1 rings (SSSR count). The first-order chi connectivity index (χ1) is 7.06. The smallest absolute Gasteiger partial charge is 0.0943 e. The number of thiocarbonyl (C=S) groups is 1. The Morgan fingerprint density at radius 2 is 1.93 bits per heavy atom. The fourth-order valence-corrected chi connectivity index (χ4v) is 1.59. The molecule has 1 aromatic rings. The molecule has 0 saturated carbocycles. The van der Waals surface area contributed by atoms with Crippen LogP contribution in [0, 0.1) is 0 Å². The molecule has 0 radical (unpaired) electrons. The molecule has 0 fully saturated rings. The van der Waals surface area contributed by atoms with Crippen molar-refractivity contribution in [1.82, 2.24) is 0 Å². The summed E-state index contributed by atoms with van der Waals surface area (Å²) >= 11 is 9.59. The SMILES string of the molecule is CCC(S)C(=S)c1ccc(N(O)O)cc1. The van der Waals surface area contributed by atoms with Crippen LogP contribution in [0.1, 0.15) is 18.9 Å². The average Bonchev–Trinajstić information content (AvgIpc) is 2.27. The summed E-state index contributed by atoms with van der Waals surface area (Å²) in [7, 11) is 0. The number of anilines is 1. The maximum Gasteiger partial charge on any atom is 0.0943 e. The van der Waals surface area contributed by atoms with E-state index in [1.807, 2.05) is 6.92 Å². The van der Waals surface area contributed by atoms with Crippen LogP contribution in [-0.2, 0) is 0 Å². The molecule has 3 nitrogen and oxygen atoms in total. The summed E-state index contributed by atoms with van der Waals surface area (Å²) in [5.74, 6) is 0. The summed E-state index contributed by atoms with van der Waals surface area (Å²) < 4.78 is 0. The van der Waals surface area contributed by atoms with E-state index in [2.05, 4.69) is 12.6 Å². The Morgan fingerprint density at radius 1 is 1.40 bits per heavy atom. The third kappa shape index (κ3) is 3.17. The van der Waals surface area contributed by atoms with E-state index in [1.165, 1.54) is 0 Å². The van der Waals surface area contributed by atoms with Crippen LogP contribution in [0.25, 0.3) is 0 Å². The van der Waals surface area contributed by atoms with Gasteiger partial charge in [-0.3, -0.25) is 10.4 Å². The van der Waals surface area contributed by atoms with Crippen molar-refractivity contribution in [2.45, 2.75) is 18.6 Å². The van der Waals surface area contributed by atoms with Crippen LogP contribution in [0.5, 0.6) is 0 Å². The van der Waals surface area contributed by atoms with Gasteiger partial charge in [0, 0.05) is 10.1 Å². The highest BCUT2D eigenvalue weighted by Crippen LogP contribution is 2.16. The molecule has 0 saturated heterocycles. The fraction of sp³-hybridized carbons (Fsp3) is 0.300. The van der Waals surface area contributed by atoms with Gasteiger partial charge in [0.25, 0.3) is 0 Å². The van der Waals surface area contributed by atoms with Gasteiger partial charge in [0.2, 0.25) is 0 Å². The van der Waals surface area contributed by atoms with Gasteiger partial charge in [-0.2, -0.15) is 12.6 Å². The molecule has 0 aromatic heterocycles. The second-order valence-corrected chi connectivity index (χ2v) is 4.19. The minimum absolute atomic E-state index is 0.0604. The minimum Gasteiger partial charge on any atom is -0.264 e. The van der Waals surface area contributed by atoms with Crippen LogP contribution >= 0.6 is 24.8 Å². The quantitative estimate of drug-likeness (QED) is 0.329. The zero-order chi connectivity index (χ0) is 11.4. The van der Waals surface area contributed by atoms with Crippen molar-refractivity contribution >= 4 is 35.4 Å². The number of benzene rings is 1. The normalized spacial score (nSPS) is 12.3. The summed E-state index contributed by atoms with van der Waals surface area (Å²) in [5.41, 5.74) is 1.19. The van der Waals surface area contributed by atoms with Gasteiger partial charge in [0.1, 0.15) is 0 Å². The van der Waals surface area contributed by atoms with Gasteiger partial charge in [0.15, 0.2) is 0 Å². The summed E-state index contributed by atoms with van der Waals surface area (Å²) in [6.07, 6.45) is 0.871. The molecule has 82 valence electrons. The Kier molecular flexibility index (Phi) is 4.53. The van der Waals surface area contributed by atoms with Crippen molar-refractivity contribution in [3.05, 3.63) is 29.8 Å². The first kappa shape index (κ1) is 12.4. The first-order valence-corrected chi connectivity index (χ1v) is 5.49. The summed E-state index contributed by atoms with van der Waals surface area (Å²) in [6, 6.07) is 6.65. The zero-order valence-corrected chi connectivity index (χ0v) is 10.0. The van der Waals surface area contributed by atoms with Gasteiger partial charge >= 0.3 is 0 Å². The molecule has 0 bridgehead atoms. The van der Waals surface area contributed by atoms with Gasteiger partial charge in [-0.05, 0) is 24.1 Å². The highest BCUT2D eigenvalue weighted by Gasteiger charge is 2.09. The van der Waals surface area contributed by atoms with Crippen molar-refractivity contribution in [2.24, 2.45) is 0 Å². The Hall–Kier alpha value is -0.620. The first-order valence-electron chi connectivity index (χ1n) is 4.56. The predicted octanol–water partition coefficient (Wildman–Crippen LogP) is 2.70. The minimum atomic E-state index is 0.0604. The molecular formula is C10H13NO2S2. The third-order valence-electron chi connectivity index (χ3n) is 2.07. The van der Waals surface area contributed by atoms with Crippen molar-refractivity contribution in [3.63, 3.8) is 0 Å². The molecule has 1 aromatic carbocycles. The van der Waals surface area contributed by atoms with Crippen LogP contribution < -0.4 is 5.23 Å². The van der Waals surface area contributed by atoms with Crippen molar-refractivity contribution in [2.75, 3.05) is 5.23 Å². The standard InChI is InChI=1S/C10H13NO2S2/c1-2-9(14)10(15)7-3-5-8(6-4-7)11(12)13/h3-6,9,12-14H,2H2,1H3. The maximum absolute atomic E-state index is 8.75. The lowest BCUT2D eigenvalue weighted by Gasteiger charge is -2.12. The highest BCUT2D eigenvalue weighted by molar-refractivity contribution is 7.87. The van der Waals surface area contributed by atoms with Gasteiger partial charge in [-0.1, -0.05) is 31.3 Å². The topological polar surface area (TPSA) is 43.7 Å². The molecule has 0 aliphatic rings. The van der Waals surface area contributed by atoms with Gasteiger partial charge < -0.3 is 0 Å². The molecule has 1 unspecified atom stereocenters. The monoisotopic (exact) mass is 243 g/mol. The molecule has 0 aliphatic carbocycles. The van der Waals surface area contributed by atoms with Crippen molar-refractivity contribution in [3.8, 4) is 0 Å².